The maximum atomic E-state index is 2.46. The fourth-order valence-electron chi connectivity index (χ4n) is 10.5. The van der Waals surface area contributed by atoms with Crippen molar-refractivity contribution in [2.24, 2.45) is 0 Å². The average molecular weight is 865 g/mol. The predicted octanol–water partition coefficient (Wildman–Crippen LogP) is 18.4. The van der Waals surface area contributed by atoms with E-state index in [1.165, 1.54) is 104 Å². The number of fused-ring (bicyclic) bond motifs is 6. The number of para-hydroxylation sites is 1. The summed E-state index contributed by atoms with van der Waals surface area (Å²) < 4.78 is 2.46. The number of hydrogen-bond acceptors (Lipinski definition) is 1. The maximum Gasteiger partial charge on any atom is 0.0547 e. The molecule has 0 bridgehead atoms. The zero-order chi connectivity index (χ0) is 45.0. The Morgan fingerprint density at radius 2 is 0.735 bits per heavy atom. The van der Waals surface area contributed by atoms with Crippen molar-refractivity contribution in [3.63, 3.8) is 0 Å². The third-order valence-electron chi connectivity index (χ3n) is 13.8. The molecule has 13 rings (SSSR count). The Balaban J connectivity index is 0.947. The summed E-state index contributed by atoms with van der Waals surface area (Å²) in [5, 5.41) is 9.90. The molecule has 13 aromatic rings. The van der Waals surface area contributed by atoms with E-state index in [-0.39, 0.29) is 0 Å². The van der Waals surface area contributed by atoms with E-state index in [1.54, 1.807) is 0 Å². The molecule has 1 aromatic heterocycles. The highest BCUT2D eigenvalue weighted by atomic mass is 15.1. The first-order valence-electron chi connectivity index (χ1n) is 23.4. The van der Waals surface area contributed by atoms with Crippen LogP contribution in [-0.4, -0.2) is 4.57 Å². The summed E-state index contributed by atoms with van der Waals surface area (Å²) in [5.41, 5.74) is 16.4. The topological polar surface area (TPSA) is 8.17 Å². The number of nitrogens with zero attached hydrogens (tertiary/aromatic N) is 2. The third kappa shape index (κ3) is 6.82. The van der Waals surface area contributed by atoms with Gasteiger partial charge >= 0.3 is 0 Å². The molecule has 0 N–H and O–H groups in total. The molecule has 0 fully saturated rings. The SMILES string of the molecule is c1ccc(-c2ccc(N(c3ccc(-c4ccc(-n5c6ccccc6c6cc7ccccc7cc65)c5ccccc45)cc3)c3ccc(-c4ccccc4)c(-c4ccc5ccccc5c4)c3)cc2)cc1. The minimum absolute atomic E-state index is 1.08. The molecule has 318 valence electrons. The summed E-state index contributed by atoms with van der Waals surface area (Å²) in [6.07, 6.45) is 0. The van der Waals surface area contributed by atoms with E-state index in [0.717, 1.165) is 17.1 Å². The second-order valence-corrected chi connectivity index (χ2v) is 17.7. The summed E-state index contributed by atoms with van der Waals surface area (Å²) in [5.74, 6) is 0. The zero-order valence-corrected chi connectivity index (χ0v) is 37.3. The van der Waals surface area contributed by atoms with E-state index in [4.69, 9.17) is 0 Å². The van der Waals surface area contributed by atoms with E-state index in [2.05, 4.69) is 276 Å². The second-order valence-electron chi connectivity index (χ2n) is 17.7. The van der Waals surface area contributed by atoms with E-state index < -0.39 is 0 Å². The first kappa shape index (κ1) is 39.4. The minimum atomic E-state index is 1.08. The molecule has 0 aliphatic rings. The predicted molar refractivity (Wildman–Crippen MR) is 290 cm³/mol. The Kier molecular flexibility index (Phi) is 9.54. The fraction of sp³-hybridized carbons (Fsp3) is 0. The van der Waals surface area contributed by atoms with Crippen LogP contribution in [0.25, 0.3) is 104 Å². The third-order valence-corrected chi connectivity index (χ3v) is 13.8. The molecule has 0 radical (unpaired) electrons. The summed E-state index contributed by atoms with van der Waals surface area (Å²) in [7, 11) is 0. The Hall–Kier alpha value is -8.98. The lowest BCUT2D eigenvalue weighted by Crippen LogP contribution is -2.10. The summed E-state index contributed by atoms with van der Waals surface area (Å²) in [4.78, 5) is 2.39. The highest BCUT2D eigenvalue weighted by Gasteiger charge is 2.20. The Morgan fingerprint density at radius 1 is 0.235 bits per heavy atom. The smallest absolute Gasteiger partial charge is 0.0547 e. The summed E-state index contributed by atoms with van der Waals surface area (Å²) >= 11 is 0. The highest BCUT2D eigenvalue weighted by molar-refractivity contribution is 6.15. The quantitative estimate of drug-likeness (QED) is 0.148. The lowest BCUT2D eigenvalue weighted by atomic mass is 9.92. The molecule has 0 unspecified atom stereocenters. The van der Waals surface area contributed by atoms with Crippen LogP contribution in [0.3, 0.4) is 0 Å². The van der Waals surface area contributed by atoms with Crippen molar-refractivity contribution >= 4 is 71.2 Å². The molecular formula is C66H44N2. The van der Waals surface area contributed by atoms with E-state index in [0.29, 0.717) is 0 Å². The van der Waals surface area contributed by atoms with Crippen molar-refractivity contribution in [2.75, 3.05) is 4.90 Å². The van der Waals surface area contributed by atoms with Crippen LogP contribution in [0.15, 0.2) is 267 Å². The van der Waals surface area contributed by atoms with Crippen molar-refractivity contribution < 1.29 is 0 Å². The molecule has 12 aromatic carbocycles. The molecule has 0 saturated heterocycles. The number of rotatable bonds is 8. The molecule has 0 amide bonds. The average Bonchev–Trinajstić information content (AvgIpc) is 3.73. The van der Waals surface area contributed by atoms with Crippen LogP contribution in [0.1, 0.15) is 0 Å². The molecule has 0 aliphatic carbocycles. The van der Waals surface area contributed by atoms with Gasteiger partial charge in [0.05, 0.1) is 16.7 Å². The van der Waals surface area contributed by atoms with Gasteiger partial charge in [0.1, 0.15) is 0 Å². The van der Waals surface area contributed by atoms with Crippen LogP contribution < -0.4 is 4.90 Å². The van der Waals surface area contributed by atoms with Gasteiger partial charge in [-0.05, 0) is 138 Å². The van der Waals surface area contributed by atoms with Crippen LogP contribution in [0.2, 0.25) is 0 Å². The molecule has 68 heavy (non-hydrogen) atoms. The number of hydrogen-bond donors (Lipinski definition) is 0. The van der Waals surface area contributed by atoms with Gasteiger partial charge in [-0.2, -0.15) is 0 Å². The Labute approximate surface area is 395 Å². The van der Waals surface area contributed by atoms with Crippen molar-refractivity contribution in [3.05, 3.63) is 267 Å². The first-order valence-corrected chi connectivity index (χ1v) is 23.4. The van der Waals surface area contributed by atoms with Gasteiger partial charge < -0.3 is 9.47 Å². The monoisotopic (exact) mass is 864 g/mol. The maximum absolute atomic E-state index is 2.46. The molecule has 0 atom stereocenters. The van der Waals surface area contributed by atoms with Gasteiger partial charge in [0.15, 0.2) is 0 Å². The van der Waals surface area contributed by atoms with E-state index in [1.807, 2.05) is 0 Å². The van der Waals surface area contributed by atoms with Crippen molar-refractivity contribution in [1.29, 1.82) is 0 Å². The van der Waals surface area contributed by atoms with Crippen LogP contribution in [-0.2, 0) is 0 Å². The summed E-state index contributed by atoms with van der Waals surface area (Å²) in [6, 6.07) is 97.6. The van der Waals surface area contributed by atoms with Crippen LogP contribution in [0.5, 0.6) is 0 Å². The van der Waals surface area contributed by atoms with Gasteiger partial charge in [-0.1, -0.05) is 200 Å². The fourth-order valence-corrected chi connectivity index (χ4v) is 10.5. The Bertz CT molecular complexity index is 4000. The van der Waals surface area contributed by atoms with Gasteiger partial charge in [0.25, 0.3) is 0 Å². The second kappa shape index (κ2) is 16.5. The molecule has 1 heterocycles. The van der Waals surface area contributed by atoms with Crippen LogP contribution in [0.4, 0.5) is 17.1 Å². The highest BCUT2D eigenvalue weighted by Crippen LogP contribution is 2.44. The summed E-state index contributed by atoms with van der Waals surface area (Å²) in [6.45, 7) is 0. The molecule has 2 heteroatoms. The van der Waals surface area contributed by atoms with Crippen molar-refractivity contribution in [3.8, 4) is 50.2 Å². The van der Waals surface area contributed by atoms with Crippen LogP contribution >= 0.6 is 0 Å². The Morgan fingerprint density at radius 3 is 1.46 bits per heavy atom. The van der Waals surface area contributed by atoms with Gasteiger partial charge in [-0.15, -0.1) is 0 Å². The van der Waals surface area contributed by atoms with Crippen LogP contribution in [0, 0.1) is 0 Å². The standard InChI is InChI=1S/C66H44N2/c1-3-15-45(16-4-1)47-29-33-54(34-30-47)67(56-37-38-58(48-18-5-2-6-19-48)62(44-56)53-28-27-46-17-7-8-20-50(46)41-53)55-35-31-49(32-36-55)57-39-40-65(60-24-12-11-23-59(57)60)68-64-26-14-13-25-61(64)63-42-51-21-9-10-22-52(51)43-66(63)68/h1-44H. The lowest BCUT2D eigenvalue weighted by Gasteiger charge is -2.27. The van der Waals surface area contributed by atoms with Crippen molar-refractivity contribution in [2.45, 2.75) is 0 Å². The van der Waals surface area contributed by atoms with Gasteiger partial charge in [0, 0.05) is 33.2 Å². The molecule has 0 aliphatic heterocycles. The molecule has 0 spiro atoms. The minimum Gasteiger partial charge on any atom is -0.310 e. The van der Waals surface area contributed by atoms with Gasteiger partial charge in [-0.3, -0.25) is 0 Å². The lowest BCUT2D eigenvalue weighted by molar-refractivity contribution is 1.20. The zero-order valence-electron chi connectivity index (χ0n) is 37.3. The van der Waals surface area contributed by atoms with Gasteiger partial charge in [-0.25, -0.2) is 0 Å². The van der Waals surface area contributed by atoms with Crippen molar-refractivity contribution in [1.82, 2.24) is 4.57 Å². The first-order chi connectivity index (χ1) is 33.7. The van der Waals surface area contributed by atoms with E-state index >= 15 is 0 Å². The molecular weight excluding hydrogens is 821 g/mol. The van der Waals surface area contributed by atoms with E-state index in [9.17, 15) is 0 Å². The number of anilines is 3. The molecule has 0 saturated carbocycles. The van der Waals surface area contributed by atoms with Gasteiger partial charge in [0.2, 0.25) is 0 Å². The number of benzene rings is 12. The molecule has 2 nitrogen and oxygen atoms in total. The normalized spacial score (nSPS) is 11.5. The largest absolute Gasteiger partial charge is 0.310 e. The number of aromatic nitrogens is 1.